The third kappa shape index (κ3) is 4.91. The molecule has 128 valence electrons. The average molecular weight is 332 g/mol. The molecule has 24 heavy (non-hydrogen) atoms. The van der Waals surface area contributed by atoms with Crippen LogP contribution in [0.3, 0.4) is 0 Å². The van der Waals surface area contributed by atoms with Gasteiger partial charge in [0.25, 0.3) is 5.91 Å². The van der Waals surface area contributed by atoms with Crippen molar-refractivity contribution < 1.29 is 24.3 Å². The van der Waals surface area contributed by atoms with Gasteiger partial charge >= 0.3 is 5.97 Å². The summed E-state index contributed by atoms with van der Waals surface area (Å²) >= 11 is 0. The smallest absolute Gasteiger partial charge is 0.326 e. The molecular weight excluding hydrogens is 312 g/mol. The highest BCUT2D eigenvalue weighted by atomic mass is 16.4. The molecule has 1 aliphatic rings. The summed E-state index contributed by atoms with van der Waals surface area (Å²) in [4.78, 5) is 46.7. The van der Waals surface area contributed by atoms with E-state index in [9.17, 15) is 24.3 Å². The van der Waals surface area contributed by atoms with Crippen LogP contribution in [0.4, 0.5) is 0 Å². The van der Waals surface area contributed by atoms with Crippen molar-refractivity contribution in [1.82, 2.24) is 10.6 Å². The lowest BCUT2D eigenvalue weighted by Crippen LogP contribution is -2.50. The average Bonchev–Trinajstić information content (AvgIpc) is 2.58. The Morgan fingerprint density at radius 1 is 1.21 bits per heavy atom. The molecule has 1 fully saturated rings. The maximum atomic E-state index is 11.9. The van der Waals surface area contributed by atoms with Crippen molar-refractivity contribution in [2.75, 3.05) is 6.54 Å². The van der Waals surface area contributed by atoms with Crippen LogP contribution in [0.2, 0.25) is 0 Å². The third-order valence-corrected chi connectivity index (χ3v) is 4.02. The number of carboxylic acids is 1. The van der Waals surface area contributed by atoms with E-state index in [1.807, 2.05) is 0 Å². The fraction of sp³-hybridized carbons (Fsp3) is 0.412. The summed E-state index contributed by atoms with van der Waals surface area (Å²) in [5.41, 5.74) is 0.415. The molecule has 1 saturated carbocycles. The van der Waals surface area contributed by atoms with Gasteiger partial charge in [-0.3, -0.25) is 14.4 Å². The number of aliphatic carboxylic acids is 1. The quantitative estimate of drug-likeness (QED) is 0.711. The zero-order valence-electron chi connectivity index (χ0n) is 13.2. The highest BCUT2D eigenvalue weighted by Gasteiger charge is 2.33. The Kier molecular flexibility index (Phi) is 6.06. The van der Waals surface area contributed by atoms with Crippen LogP contribution in [0.1, 0.15) is 36.0 Å². The number of ketones is 1. The lowest BCUT2D eigenvalue weighted by Gasteiger charge is -2.27. The molecule has 1 aromatic carbocycles. The molecule has 7 nitrogen and oxygen atoms in total. The topological polar surface area (TPSA) is 113 Å². The summed E-state index contributed by atoms with van der Waals surface area (Å²) in [7, 11) is 0. The number of carboxylic acid groups (broad SMARTS) is 1. The van der Waals surface area contributed by atoms with Gasteiger partial charge in [0, 0.05) is 18.4 Å². The van der Waals surface area contributed by atoms with Crippen LogP contribution in [-0.4, -0.2) is 41.3 Å². The van der Waals surface area contributed by atoms with Gasteiger partial charge < -0.3 is 15.7 Å². The van der Waals surface area contributed by atoms with E-state index in [2.05, 4.69) is 10.6 Å². The molecule has 0 bridgehead atoms. The Morgan fingerprint density at radius 3 is 2.54 bits per heavy atom. The van der Waals surface area contributed by atoms with E-state index < -0.39 is 29.7 Å². The zero-order valence-corrected chi connectivity index (χ0v) is 13.2. The summed E-state index contributed by atoms with van der Waals surface area (Å²) in [5.74, 6) is -2.56. The fourth-order valence-electron chi connectivity index (χ4n) is 2.80. The summed E-state index contributed by atoms with van der Waals surface area (Å²) in [5, 5.41) is 14.2. The van der Waals surface area contributed by atoms with Crippen molar-refractivity contribution in [2.45, 2.75) is 31.7 Å². The second kappa shape index (κ2) is 8.24. The van der Waals surface area contributed by atoms with Gasteiger partial charge in [0.1, 0.15) is 11.8 Å². The Labute approximate surface area is 139 Å². The Balaban J connectivity index is 1.88. The first-order valence-corrected chi connectivity index (χ1v) is 7.84. The molecule has 0 saturated heterocycles. The fourth-order valence-corrected chi connectivity index (χ4v) is 2.80. The predicted molar refractivity (Wildman–Crippen MR) is 85.3 cm³/mol. The van der Waals surface area contributed by atoms with E-state index in [0.29, 0.717) is 24.8 Å². The van der Waals surface area contributed by atoms with Crippen molar-refractivity contribution in [2.24, 2.45) is 5.92 Å². The minimum Gasteiger partial charge on any atom is -0.480 e. The van der Waals surface area contributed by atoms with Gasteiger partial charge in [0.15, 0.2) is 0 Å². The summed E-state index contributed by atoms with van der Waals surface area (Å²) < 4.78 is 0. The maximum absolute atomic E-state index is 11.9. The van der Waals surface area contributed by atoms with Gasteiger partial charge in [-0.1, -0.05) is 18.2 Å². The van der Waals surface area contributed by atoms with E-state index in [0.717, 1.165) is 0 Å². The number of nitrogens with one attached hydrogen (secondary N) is 2. The molecule has 2 amide bonds. The summed E-state index contributed by atoms with van der Waals surface area (Å²) in [6, 6.07) is 7.29. The maximum Gasteiger partial charge on any atom is 0.326 e. The number of carbonyl (C=O) groups is 4. The van der Waals surface area contributed by atoms with Gasteiger partial charge in [0.2, 0.25) is 5.91 Å². The first-order chi connectivity index (χ1) is 11.5. The Hall–Kier alpha value is -2.70. The second-order valence-electron chi connectivity index (χ2n) is 5.83. The molecule has 0 aliphatic heterocycles. The molecule has 0 unspecified atom stereocenters. The molecule has 1 aromatic rings. The molecule has 0 heterocycles. The minimum absolute atomic E-state index is 0.0177. The molecule has 0 radical (unpaired) electrons. The van der Waals surface area contributed by atoms with E-state index in [-0.39, 0.29) is 18.7 Å². The number of rotatable bonds is 6. The SMILES string of the molecule is O=C1CCC[C@H]([C@H](NC(=O)CNC(=O)c2ccccc2)C(=O)O)C1. The van der Waals surface area contributed by atoms with Crippen molar-refractivity contribution in [3.8, 4) is 0 Å². The number of Topliss-reactive ketones (excluding diaryl/α,β-unsaturated/α-hetero) is 1. The van der Waals surface area contributed by atoms with Crippen molar-refractivity contribution in [1.29, 1.82) is 0 Å². The molecular formula is C17H20N2O5. The Morgan fingerprint density at radius 2 is 1.92 bits per heavy atom. The molecule has 7 heteroatoms. The summed E-state index contributed by atoms with van der Waals surface area (Å²) in [6.45, 7) is -0.321. The molecule has 1 aliphatic carbocycles. The lowest BCUT2D eigenvalue weighted by atomic mass is 9.83. The van der Waals surface area contributed by atoms with E-state index >= 15 is 0 Å². The Bertz CT molecular complexity index is 629. The van der Waals surface area contributed by atoms with Crippen LogP contribution < -0.4 is 10.6 Å². The number of benzene rings is 1. The number of hydrogen-bond donors (Lipinski definition) is 3. The van der Waals surface area contributed by atoms with Crippen LogP contribution in [0.15, 0.2) is 30.3 Å². The predicted octanol–water partition coefficient (Wildman–Crippen LogP) is 0.745. The number of amides is 2. The first-order valence-electron chi connectivity index (χ1n) is 7.84. The second-order valence-corrected chi connectivity index (χ2v) is 5.83. The number of hydrogen-bond acceptors (Lipinski definition) is 4. The van der Waals surface area contributed by atoms with Crippen LogP contribution in [0.5, 0.6) is 0 Å². The van der Waals surface area contributed by atoms with Gasteiger partial charge in [-0.2, -0.15) is 0 Å². The van der Waals surface area contributed by atoms with E-state index in [1.165, 1.54) is 0 Å². The van der Waals surface area contributed by atoms with Crippen molar-refractivity contribution >= 4 is 23.6 Å². The van der Waals surface area contributed by atoms with Crippen LogP contribution in [0.25, 0.3) is 0 Å². The highest BCUT2D eigenvalue weighted by Crippen LogP contribution is 2.24. The van der Waals surface area contributed by atoms with Gasteiger partial charge in [-0.15, -0.1) is 0 Å². The zero-order chi connectivity index (χ0) is 17.5. The minimum atomic E-state index is -1.17. The monoisotopic (exact) mass is 332 g/mol. The molecule has 2 rings (SSSR count). The molecule has 2 atom stereocenters. The van der Waals surface area contributed by atoms with Crippen LogP contribution in [-0.2, 0) is 14.4 Å². The van der Waals surface area contributed by atoms with Crippen molar-refractivity contribution in [3.05, 3.63) is 35.9 Å². The number of carbonyl (C=O) groups excluding carboxylic acids is 3. The third-order valence-electron chi connectivity index (χ3n) is 4.02. The van der Waals surface area contributed by atoms with E-state index in [4.69, 9.17) is 0 Å². The van der Waals surface area contributed by atoms with Crippen molar-refractivity contribution in [3.63, 3.8) is 0 Å². The van der Waals surface area contributed by atoms with E-state index in [1.54, 1.807) is 30.3 Å². The van der Waals surface area contributed by atoms with Gasteiger partial charge in [0.05, 0.1) is 6.54 Å². The standard InChI is InChI=1S/C17H20N2O5/c20-13-8-4-7-12(9-13)15(17(23)24)19-14(21)10-18-16(22)11-5-2-1-3-6-11/h1-3,5-6,12,15H,4,7-10H2,(H,18,22)(H,19,21)(H,23,24)/t12-,15-/m0/s1. The first kappa shape index (κ1) is 17.7. The van der Waals surface area contributed by atoms with Crippen LogP contribution in [0, 0.1) is 5.92 Å². The molecule has 0 spiro atoms. The summed E-state index contributed by atoms with van der Waals surface area (Å²) in [6.07, 6.45) is 1.84. The lowest BCUT2D eigenvalue weighted by molar-refractivity contribution is -0.144. The largest absolute Gasteiger partial charge is 0.480 e. The van der Waals surface area contributed by atoms with Crippen LogP contribution >= 0.6 is 0 Å². The normalized spacial score (nSPS) is 18.5. The molecule has 0 aromatic heterocycles. The van der Waals surface area contributed by atoms with Gasteiger partial charge in [-0.25, -0.2) is 4.79 Å². The highest BCUT2D eigenvalue weighted by molar-refractivity contribution is 5.96. The van der Waals surface area contributed by atoms with Gasteiger partial charge in [-0.05, 0) is 30.9 Å². The molecule has 3 N–H and O–H groups in total.